The van der Waals surface area contributed by atoms with E-state index >= 15 is 0 Å². The lowest BCUT2D eigenvalue weighted by atomic mass is 9.93. The summed E-state index contributed by atoms with van der Waals surface area (Å²) < 4.78 is 3.86. The summed E-state index contributed by atoms with van der Waals surface area (Å²) in [5.74, 6) is 0.779. The third kappa shape index (κ3) is 2.82. The molecule has 0 radical (unpaired) electrons. The number of fused-ring (bicyclic) bond motifs is 12. The largest absolute Gasteiger partial charge is 0.236 e. The molecule has 0 unspecified atom stereocenters. The van der Waals surface area contributed by atoms with Crippen molar-refractivity contribution >= 4 is 95.5 Å². The maximum Gasteiger partial charge on any atom is 0.160 e. The van der Waals surface area contributed by atoms with Crippen molar-refractivity contribution in [3.8, 4) is 11.4 Å². The third-order valence-electron chi connectivity index (χ3n) is 7.73. The van der Waals surface area contributed by atoms with Crippen molar-refractivity contribution in [2.24, 2.45) is 0 Å². The highest BCUT2D eigenvalue weighted by molar-refractivity contribution is 7.26. The molecule has 0 amide bonds. The van der Waals surface area contributed by atoms with Crippen molar-refractivity contribution in [3.05, 3.63) is 109 Å². The van der Waals surface area contributed by atoms with Crippen molar-refractivity contribution in [2.75, 3.05) is 0 Å². The van der Waals surface area contributed by atoms with Crippen molar-refractivity contribution in [1.82, 2.24) is 9.97 Å². The first-order valence-electron chi connectivity index (χ1n) is 12.7. The van der Waals surface area contributed by atoms with Crippen LogP contribution in [-0.2, 0) is 0 Å². The first-order chi connectivity index (χ1) is 18.8. The molecule has 0 N–H and O–H groups in total. The molecule has 0 spiro atoms. The smallest absolute Gasteiger partial charge is 0.160 e. The Bertz CT molecular complexity index is 2410. The van der Waals surface area contributed by atoms with Crippen LogP contribution in [0.1, 0.15) is 0 Å². The molecule has 0 atom stereocenters. The van der Waals surface area contributed by atoms with Gasteiger partial charge >= 0.3 is 0 Å². The van der Waals surface area contributed by atoms with Crippen LogP contribution in [0.15, 0.2) is 109 Å². The quantitative estimate of drug-likeness (QED) is 0.202. The zero-order valence-electron chi connectivity index (χ0n) is 20.1. The molecular formula is C34H18N2S2. The minimum absolute atomic E-state index is 0.779. The molecule has 0 saturated carbocycles. The molecule has 9 aromatic rings. The fraction of sp³-hybridized carbons (Fsp3) is 0. The van der Waals surface area contributed by atoms with E-state index in [1.54, 1.807) is 11.3 Å². The number of thiophene rings is 2. The summed E-state index contributed by atoms with van der Waals surface area (Å²) in [5, 5.41) is 12.7. The Morgan fingerprint density at radius 2 is 1.03 bits per heavy atom. The summed E-state index contributed by atoms with van der Waals surface area (Å²) in [6.45, 7) is 0. The summed E-state index contributed by atoms with van der Waals surface area (Å²) in [6, 6.07) is 37.4. The molecule has 3 aromatic heterocycles. The average Bonchev–Trinajstić information content (AvgIpc) is 3.53. The molecule has 3 heterocycles. The molecule has 38 heavy (non-hydrogen) atoms. The Labute approximate surface area is 225 Å². The number of rotatable bonds is 1. The average molecular weight is 519 g/mol. The Morgan fingerprint density at radius 1 is 0.421 bits per heavy atom. The van der Waals surface area contributed by atoms with Crippen LogP contribution in [0.3, 0.4) is 0 Å². The zero-order valence-corrected chi connectivity index (χ0v) is 21.7. The molecular weight excluding hydrogens is 501 g/mol. The fourth-order valence-corrected chi connectivity index (χ4v) is 8.12. The van der Waals surface area contributed by atoms with Gasteiger partial charge in [0.15, 0.2) is 5.82 Å². The molecule has 4 heteroatoms. The molecule has 9 rings (SSSR count). The second-order valence-electron chi connectivity index (χ2n) is 9.81. The molecule has 0 fully saturated rings. The van der Waals surface area contributed by atoms with E-state index in [0.29, 0.717) is 0 Å². The van der Waals surface area contributed by atoms with Gasteiger partial charge in [-0.05, 0) is 68.7 Å². The Hall–Kier alpha value is -4.38. The van der Waals surface area contributed by atoms with Crippen LogP contribution in [0.5, 0.6) is 0 Å². The minimum atomic E-state index is 0.779. The van der Waals surface area contributed by atoms with Gasteiger partial charge in [-0.2, -0.15) is 0 Å². The topological polar surface area (TPSA) is 25.8 Å². The molecule has 0 saturated heterocycles. The second-order valence-corrected chi connectivity index (χ2v) is 11.9. The summed E-state index contributed by atoms with van der Waals surface area (Å²) in [4.78, 5) is 11.0. The van der Waals surface area contributed by atoms with Gasteiger partial charge in [0.2, 0.25) is 0 Å². The summed E-state index contributed by atoms with van der Waals surface area (Å²) in [5.41, 5.74) is 1.06. The van der Waals surface area contributed by atoms with Gasteiger partial charge in [-0.25, -0.2) is 9.97 Å². The Kier molecular flexibility index (Phi) is 4.12. The third-order valence-corrected chi connectivity index (χ3v) is 9.94. The van der Waals surface area contributed by atoms with E-state index in [2.05, 4.69) is 103 Å². The van der Waals surface area contributed by atoms with Crippen LogP contribution in [0, 0.1) is 0 Å². The summed E-state index contributed by atoms with van der Waals surface area (Å²) in [7, 11) is 0. The van der Waals surface area contributed by atoms with Gasteiger partial charge in [0.05, 0.1) is 0 Å². The van der Waals surface area contributed by atoms with Crippen LogP contribution >= 0.6 is 22.7 Å². The van der Waals surface area contributed by atoms with Crippen molar-refractivity contribution < 1.29 is 0 Å². The van der Waals surface area contributed by atoms with Crippen molar-refractivity contribution in [3.63, 3.8) is 0 Å². The van der Waals surface area contributed by atoms with E-state index in [0.717, 1.165) is 21.6 Å². The van der Waals surface area contributed by atoms with E-state index in [1.165, 1.54) is 62.6 Å². The highest BCUT2D eigenvalue weighted by Crippen LogP contribution is 2.42. The molecule has 0 aliphatic carbocycles. The number of benzene rings is 6. The van der Waals surface area contributed by atoms with Crippen LogP contribution in [0.25, 0.3) is 84.2 Å². The SMILES string of the molecule is c1ccc2c(c1)sc1ccc(-c3ncc4c(n3)sc3cc5c6ccccc6c6ccccc6c5cc34)cc12. The number of aromatic nitrogens is 2. The van der Waals surface area contributed by atoms with Gasteiger partial charge in [-0.15, -0.1) is 22.7 Å². The van der Waals surface area contributed by atoms with Crippen molar-refractivity contribution in [1.29, 1.82) is 0 Å². The monoisotopic (exact) mass is 518 g/mol. The number of hydrogen-bond acceptors (Lipinski definition) is 4. The molecule has 2 nitrogen and oxygen atoms in total. The molecule has 0 bridgehead atoms. The summed E-state index contributed by atoms with van der Waals surface area (Å²) >= 11 is 3.59. The highest BCUT2D eigenvalue weighted by Gasteiger charge is 2.15. The number of nitrogens with zero attached hydrogens (tertiary/aromatic N) is 2. The van der Waals surface area contributed by atoms with Crippen LogP contribution in [0.4, 0.5) is 0 Å². The predicted octanol–water partition coefficient (Wildman–Crippen LogP) is 10.3. The van der Waals surface area contributed by atoms with E-state index in [4.69, 9.17) is 9.97 Å². The lowest BCUT2D eigenvalue weighted by Crippen LogP contribution is -1.87. The maximum atomic E-state index is 5.08. The highest BCUT2D eigenvalue weighted by atomic mass is 32.1. The fourth-order valence-electron chi connectivity index (χ4n) is 5.96. The Morgan fingerprint density at radius 3 is 1.79 bits per heavy atom. The van der Waals surface area contributed by atoms with E-state index in [1.807, 2.05) is 17.5 Å². The Balaban J connectivity index is 1.30. The first-order valence-corrected chi connectivity index (χ1v) is 14.3. The van der Waals surface area contributed by atoms with Crippen LogP contribution in [-0.4, -0.2) is 9.97 Å². The maximum absolute atomic E-state index is 5.08. The van der Waals surface area contributed by atoms with Gasteiger partial charge in [-0.3, -0.25) is 0 Å². The number of hydrogen-bond donors (Lipinski definition) is 0. The van der Waals surface area contributed by atoms with Crippen molar-refractivity contribution in [2.45, 2.75) is 0 Å². The van der Waals surface area contributed by atoms with E-state index < -0.39 is 0 Å². The van der Waals surface area contributed by atoms with Crippen LogP contribution in [0.2, 0.25) is 0 Å². The molecule has 0 aliphatic rings. The second kappa shape index (κ2) is 7.57. The summed E-state index contributed by atoms with van der Waals surface area (Å²) in [6.07, 6.45) is 2.02. The molecule has 176 valence electrons. The lowest BCUT2D eigenvalue weighted by Gasteiger charge is -2.10. The van der Waals surface area contributed by atoms with Gasteiger partial charge in [0.1, 0.15) is 4.83 Å². The van der Waals surface area contributed by atoms with Gasteiger partial charge in [0, 0.05) is 47.4 Å². The van der Waals surface area contributed by atoms with Gasteiger partial charge in [0.25, 0.3) is 0 Å². The first kappa shape index (κ1) is 20.7. The van der Waals surface area contributed by atoms with E-state index in [-0.39, 0.29) is 0 Å². The standard InChI is InChI=1S/C34H18N2S2/c1-3-9-22-20(7-1)21-8-2-4-10-23(21)26-17-32-28(16-25(22)26)29-18-35-33(36-34(29)38-32)19-13-14-31-27(15-19)24-11-5-6-12-30(24)37-31/h1-18H. The zero-order chi connectivity index (χ0) is 24.8. The molecule has 6 aromatic carbocycles. The predicted molar refractivity (Wildman–Crippen MR) is 166 cm³/mol. The normalized spacial score (nSPS) is 12.2. The van der Waals surface area contributed by atoms with E-state index in [9.17, 15) is 0 Å². The van der Waals surface area contributed by atoms with Gasteiger partial charge < -0.3 is 0 Å². The van der Waals surface area contributed by atoms with Crippen LogP contribution < -0.4 is 0 Å². The molecule has 0 aliphatic heterocycles. The minimum Gasteiger partial charge on any atom is -0.236 e. The van der Waals surface area contributed by atoms with Gasteiger partial charge in [-0.1, -0.05) is 66.7 Å². The lowest BCUT2D eigenvalue weighted by molar-refractivity contribution is 1.24.